The summed E-state index contributed by atoms with van der Waals surface area (Å²) in [5.41, 5.74) is 8.68. The molecule has 2 heterocycles. The Labute approximate surface area is 120 Å². The lowest BCUT2D eigenvalue weighted by Gasteiger charge is -2.12. The minimum absolute atomic E-state index is 0.265. The van der Waals surface area contributed by atoms with Gasteiger partial charge in [0.1, 0.15) is 0 Å². The minimum Gasteiger partial charge on any atom is -0.376 e. The van der Waals surface area contributed by atoms with Gasteiger partial charge in [-0.1, -0.05) is 13.0 Å². The van der Waals surface area contributed by atoms with Crippen molar-refractivity contribution >= 4 is 10.9 Å². The fraction of sp³-hybridized carbons (Fsp3) is 0.529. The third kappa shape index (κ3) is 2.89. The second-order valence-electron chi connectivity index (χ2n) is 5.87. The highest BCUT2D eigenvalue weighted by molar-refractivity contribution is 5.80. The van der Waals surface area contributed by atoms with Crippen molar-refractivity contribution in [2.45, 2.75) is 51.3 Å². The average molecular weight is 272 g/mol. The number of nitrogens with two attached hydrogens (primary N) is 1. The lowest BCUT2D eigenvalue weighted by atomic mass is 10.0. The van der Waals surface area contributed by atoms with Crippen LogP contribution in [0.15, 0.2) is 30.5 Å². The smallest absolute Gasteiger partial charge is 0.0754 e. The van der Waals surface area contributed by atoms with Gasteiger partial charge in [-0.05, 0) is 54.8 Å². The van der Waals surface area contributed by atoms with Crippen molar-refractivity contribution in [1.82, 2.24) is 4.57 Å². The summed E-state index contributed by atoms with van der Waals surface area (Å²) in [6, 6.07) is 9.18. The molecule has 1 aromatic carbocycles. The molecule has 3 heteroatoms. The fourth-order valence-electron chi connectivity index (χ4n) is 2.99. The van der Waals surface area contributed by atoms with Gasteiger partial charge in [0.05, 0.1) is 6.10 Å². The second-order valence-corrected chi connectivity index (χ2v) is 5.87. The number of ether oxygens (including phenoxy) is 1. The molecule has 0 aliphatic carbocycles. The van der Waals surface area contributed by atoms with Gasteiger partial charge in [-0.3, -0.25) is 0 Å². The highest BCUT2D eigenvalue weighted by atomic mass is 16.5. The topological polar surface area (TPSA) is 40.2 Å². The van der Waals surface area contributed by atoms with E-state index in [0.29, 0.717) is 6.10 Å². The molecule has 0 radical (unpaired) electrons. The molecule has 2 atom stereocenters. The largest absolute Gasteiger partial charge is 0.376 e. The molecule has 1 aliphatic heterocycles. The first-order valence-corrected chi connectivity index (χ1v) is 7.71. The number of fused-ring (bicyclic) bond motifs is 1. The van der Waals surface area contributed by atoms with Crippen molar-refractivity contribution in [3.63, 3.8) is 0 Å². The Morgan fingerprint density at radius 3 is 3.05 bits per heavy atom. The number of hydrogen-bond donors (Lipinski definition) is 1. The van der Waals surface area contributed by atoms with E-state index in [0.717, 1.165) is 26.0 Å². The molecule has 0 amide bonds. The molecule has 0 saturated carbocycles. The third-order valence-electron chi connectivity index (χ3n) is 4.28. The SMILES string of the molecule is CCC(N)Cc1ccc2c(ccn2CC2CCCO2)c1. The summed E-state index contributed by atoms with van der Waals surface area (Å²) >= 11 is 0. The van der Waals surface area contributed by atoms with Crippen LogP contribution in [0, 0.1) is 0 Å². The molecule has 20 heavy (non-hydrogen) atoms. The summed E-state index contributed by atoms with van der Waals surface area (Å²) in [6.07, 6.45) is 6.93. The maximum absolute atomic E-state index is 6.04. The molecular formula is C17H24N2O. The molecule has 2 N–H and O–H groups in total. The third-order valence-corrected chi connectivity index (χ3v) is 4.28. The Morgan fingerprint density at radius 2 is 2.30 bits per heavy atom. The molecule has 1 saturated heterocycles. The van der Waals surface area contributed by atoms with Crippen LogP contribution in [-0.2, 0) is 17.7 Å². The van der Waals surface area contributed by atoms with E-state index in [9.17, 15) is 0 Å². The first-order valence-electron chi connectivity index (χ1n) is 7.71. The molecule has 0 spiro atoms. The van der Waals surface area contributed by atoms with Crippen LogP contribution in [0.25, 0.3) is 10.9 Å². The van der Waals surface area contributed by atoms with E-state index >= 15 is 0 Å². The van der Waals surface area contributed by atoms with Gasteiger partial charge in [0.15, 0.2) is 0 Å². The van der Waals surface area contributed by atoms with Gasteiger partial charge in [-0.2, -0.15) is 0 Å². The number of aromatic nitrogens is 1. The summed E-state index contributed by atoms with van der Waals surface area (Å²) in [5, 5.41) is 1.31. The van der Waals surface area contributed by atoms with Crippen molar-refractivity contribution in [2.75, 3.05) is 6.61 Å². The van der Waals surface area contributed by atoms with Gasteiger partial charge in [-0.25, -0.2) is 0 Å². The highest BCUT2D eigenvalue weighted by Crippen LogP contribution is 2.21. The van der Waals surface area contributed by atoms with E-state index in [2.05, 4.69) is 42.0 Å². The molecule has 2 unspecified atom stereocenters. The van der Waals surface area contributed by atoms with Crippen LogP contribution in [0.4, 0.5) is 0 Å². The van der Waals surface area contributed by atoms with Crippen LogP contribution < -0.4 is 5.73 Å². The maximum atomic E-state index is 6.04. The summed E-state index contributed by atoms with van der Waals surface area (Å²) in [7, 11) is 0. The van der Waals surface area contributed by atoms with Crippen LogP contribution in [0.5, 0.6) is 0 Å². The van der Waals surface area contributed by atoms with Crippen LogP contribution in [-0.4, -0.2) is 23.3 Å². The van der Waals surface area contributed by atoms with Gasteiger partial charge >= 0.3 is 0 Å². The van der Waals surface area contributed by atoms with Crippen molar-refractivity contribution in [3.05, 3.63) is 36.0 Å². The summed E-state index contributed by atoms with van der Waals surface area (Å²) in [4.78, 5) is 0. The van der Waals surface area contributed by atoms with Crippen molar-refractivity contribution in [3.8, 4) is 0 Å². The molecule has 0 bridgehead atoms. The summed E-state index contributed by atoms with van der Waals surface area (Å²) in [6.45, 7) is 4.03. The standard InChI is InChI=1S/C17H24N2O/c1-2-15(18)11-13-5-6-17-14(10-13)7-8-19(17)12-16-4-3-9-20-16/h5-8,10,15-16H,2-4,9,11-12,18H2,1H3. The van der Waals surface area contributed by atoms with E-state index < -0.39 is 0 Å². The molecule has 3 nitrogen and oxygen atoms in total. The fourth-order valence-corrected chi connectivity index (χ4v) is 2.99. The normalized spacial score (nSPS) is 20.6. The minimum atomic E-state index is 0.265. The van der Waals surface area contributed by atoms with Crippen LogP contribution in [0.3, 0.4) is 0 Å². The predicted octanol–water partition coefficient (Wildman–Crippen LogP) is 3.10. The van der Waals surface area contributed by atoms with E-state index in [4.69, 9.17) is 10.5 Å². The van der Waals surface area contributed by atoms with Crippen LogP contribution in [0.1, 0.15) is 31.7 Å². The predicted molar refractivity (Wildman–Crippen MR) is 82.9 cm³/mol. The van der Waals surface area contributed by atoms with E-state index in [-0.39, 0.29) is 6.04 Å². The Morgan fingerprint density at radius 1 is 1.40 bits per heavy atom. The maximum Gasteiger partial charge on any atom is 0.0754 e. The molecule has 1 fully saturated rings. The first-order chi connectivity index (χ1) is 9.76. The van der Waals surface area contributed by atoms with Gasteiger partial charge in [0.25, 0.3) is 0 Å². The highest BCUT2D eigenvalue weighted by Gasteiger charge is 2.16. The van der Waals surface area contributed by atoms with Crippen LogP contribution >= 0.6 is 0 Å². The Bertz CT molecular complexity index is 569. The van der Waals surface area contributed by atoms with E-state index in [1.807, 2.05) is 0 Å². The quantitative estimate of drug-likeness (QED) is 0.908. The number of rotatable bonds is 5. The molecule has 108 valence electrons. The lowest BCUT2D eigenvalue weighted by molar-refractivity contribution is 0.0980. The van der Waals surface area contributed by atoms with Gasteiger partial charge in [0, 0.05) is 30.9 Å². The van der Waals surface area contributed by atoms with E-state index in [1.54, 1.807) is 0 Å². The molecule has 1 aromatic heterocycles. The number of benzene rings is 1. The van der Waals surface area contributed by atoms with Crippen LogP contribution in [0.2, 0.25) is 0 Å². The molecule has 2 aromatic rings. The van der Waals surface area contributed by atoms with Gasteiger partial charge in [0.2, 0.25) is 0 Å². The Kier molecular flexibility index (Phi) is 4.08. The first kappa shape index (κ1) is 13.7. The Hall–Kier alpha value is -1.32. The lowest BCUT2D eigenvalue weighted by Crippen LogP contribution is -2.21. The summed E-state index contributed by atoms with van der Waals surface area (Å²) < 4.78 is 8.04. The van der Waals surface area contributed by atoms with Crippen molar-refractivity contribution < 1.29 is 4.74 Å². The van der Waals surface area contributed by atoms with E-state index in [1.165, 1.54) is 29.3 Å². The van der Waals surface area contributed by atoms with Crippen molar-refractivity contribution in [1.29, 1.82) is 0 Å². The van der Waals surface area contributed by atoms with Crippen molar-refractivity contribution in [2.24, 2.45) is 5.73 Å². The molecule has 3 rings (SSSR count). The number of nitrogens with zero attached hydrogens (tertiary/aromatic N) is 1. The monoisotopic (exact) mass is 272 g/mol. The Balaban J connectivity index is 1.78. The molecular weight excluding hydrogens is 248 g/mol. The summed E-state index contributed by atoms with van der Waals surface area (Å²) in [5.74, 6) is 0. The zero-order chi connectivity index (χ0) is 13.9. The average Bonchev–Trinajstić information content (AvgIpc) is 3.09. The van der Waals surface area contributed by atoms with Gasteiger partial charge in [-0.15, -0.1) is 0 Å². The van der Waals surface area contributed by atoms with Gasteiger partial charge < -0.3 is 15.0 Å². The zero-order valence-electron chi connectivity index (χ0n) is 12.2. The zero-order valence-corrected chi connectivity index (χ0v) is 12.2. The molecule has 1 aliphatic rings. The number of hydrogen-bond acceptors (Lipinski definition) is 2. The second kappa shape index (κ2) is 5.98.